The molecule has 1 aromatic carbocycles. The van der Waals surface area contributed by atoms with Crippen LogP contribution in [0, 0.1) is 0 Å². The van der Waals surface area contributed by atoms with Gasteiger partial charge < -0.3 is 10.6 Å². The molecule has 208 valence electrons. The van der Waals surface area contributed by atoms with Gasteiger partial charge in [0.15, 0.2) is 5.65 Å². The summed E-state index contributed by atoms with van der Waals surface area (Å²) in [5.74, 6) is -0.623. The van der Waals surface area contributed by atoms with E-state index in [2.05, 4.69) is 25.0 Å². The third kappa shape index (κ3) is 5.46. The van der Waals surface area contributed by atoms with Crippen molar-refractivity contribution in [3.05, 3.63) is 96.1 Å². The molecule has 0 aliphatic carbocycles. The smallest absolute Gasteiger partial charge is 0.383 e. The lowest BCUT2D eigenvalue weighted by Gasteiger charge is -2.34. The quantitative estimate of drug-likeness (QED) is 0.341. The molecule has 4 aromatic heterocycles. The van der Waals surface area contributed by atoms with E-state index in [1.165, 1.54) is 11.8 Å². The van der Waals surface area contributed by atoms with Gasteiger partial charge >= 0.3 is 6.18 Å². The first-order chi connectivity index (χ1) is 19.8. The van der Waals surface area contributed by atoms with Crippen molar-refractivity contribution in [3.63, 3.8) is 0 Å². The zero-order valence-corrected chi connectivity index (χ0v) is 21.8. The van der Waals surface area contributed by atoms with Crippen molar-refractivity contribution in [2.24, 2.45) is 0 Å². The van der Waals surface area contributed by atoms with Gasteiger partial charge in [-0.3, -0.25) is 14.7 Å². The normalized spacial score (nSPS) is 14.5. The number of rotatable bonds is 5. The molecule has 0 bridgehead atoms. The van der Waals surface area contributed by atoms with Crippen LogP contribution in [0.25, 0.3) is 28.2 Å². The molecule has 5 aromatic rings. The summed E-state index contributed by atoms with van der Waals surface area (Å²) in [6.07, 6.45) is 1.82. The van der Waals surface area contributed by atoms with Crippen LogP contribution in [0.15, 0.2) is 79.4 Å². The first-order valence-corrected chi connectivity index (χ1v) is 12.9. The molecular formula is C29H25F3N8O. The predicted molar refractivity (Wildman–Crippen MR) is 146 cm³/mol. The Bertz CT molecular complexity index is 1700. The molecule has 2 N–H and O–H groups in total. The number of fused-ring (bicyclic) bond motifs is 1. The second kappa shape index (κ2) is 10.6. The van der Waals surface area contributed by atoms with Crippen LogP contribution in [-0.4, -0.2) is 66.5 Å². The predicted octanol–water partition coefficient (Wildman–Crippen LogP) is 4.41. The standard InChI is InChI=1S/C29H25F3N8O/c30-29(31,32)23-15-22(16-36-27(23)33)24-5-6-26-35-17-25(40(26)37-24)20-1-3-21(4-2-20)28(41)39-13-11-38(12-14-39)18-19-7-9-34-10-8-19/h1-10,15-17H,11-14,18H2,(H2,33,36). The molecule has 1 amide bonds. The Morgan fingerprint density at radius 3 is 2.32 bits per heavy atom. The molecule has 0 radical (unpaired) electrons. The number of alkyl halides is 3. The molecule has 1 fully saturated rings. The van der Waals surface area contributed by atoms with E-state index in [9.17, 15) is 18.0 Å². The van der Waals surface area contributed by atoms with E-state index < -0.39 is 17.6 Å². The van der Waals surface area contributed by atoms with Gasteiger partial charge in [-0.1, -0.05) is 12.1 Å². The van der Waals surface area contributed by atoms with Crippen molar-refractivity contribution in [1.29, 1.82) is 0 Å². The highest BCUT2D eigenvalue weighted by molar-refractivity contribution is 5.94. The SMILES string of the molecule is Nc1ncc(-c2ccc3ncc(-c4ccc(C(=O)N5CCN(Cc6ccncc6)CC5)cc4)n3n2)cc1C(F)(F)F. The van der Waals surface area contributed by atoms with E-state index in [1.54, 1.807) is 47.4 Å². The minimum Gasteiger partial charge on any atom is -0.383 e. The van der Waals surface area contributed by atoms with Crippen molar-refractivity contribution in [1.82, 2.24) is 34.4 Å². The maximum atomic E-state index is 13.4. The Balaban J connectivity index is 1.18. The lowest BCUT2D eigenvalue weighted by atomic mass is 10.1. The van der Waals surface area contributed by atoms with Crippen LogP contribution in [-0.2, 0) is 12.7 Å². The molecule has 0 unspecified atom stereocenters. The molecule has 9 nitrogen and oxygen atoms in total. The Hall–Kier alpha value is -4.84. The summed E-state index contributed by atoms with van der Waals surface area (Å²) in [6.45, 7) is 3.68. The van der Waals surface area contributed by atoms with Gasteiger partial charge in [0.2, 0.25) is 0 Å². The number of nitrogen functional groups attached to an aromatic ring is 1. The largest absolute Gasteiger partial charge is 0.419 e. The van der Waals surface area contributed by atoms with Crippen LogP contribution in [0.3, 0.4) is 0 Å². The van der Waals surface area contributed by atoms with Crippen molar-refractivity contribution < 1.29 is 18.0 Å². The number of piperazine rings is 1. The van der Waals surface area contributed by atoms with E-state index in [0.717, 1.165) is 31.3 Å². The van der Waals surface area contributed by atoms with Crippen molar-refractivity contribution in [2.45, 2.75) is 12.7 Å². The number of carbonyl (C=O) groups excluding carboxylic acids is 1. The molecule has 5 heterocycles. The zero-order valence-electron chi connectivity index (χ0n) is 21.8. The number of anilines is 1. The van der Waals surface area contributed by atoms with E-state index >= 15 is 0 Å². The number of carbonyl (C=O) groups is 1. The molecule has 1 saturated heterocycles. The Labute approximate surface area is 233 Å². The first-order valence-electron chi connectivity index (χ1n) is 12.9. The van der Waals surface area contributed by atoms with Gasteiger partial charge in [-0.15, -0.1) is 0 Å². The molecule has 1 aliphatic heterocycles. The van der Waals surface area contributed by atoms with Crippen LogP contribution in [0.1, 0.15) is 21.5 Å². The number of nitrogens with two attached hydrogens (primary N) is 1. The summed E-state index contributed by atoms with van der Waals surface area (Å²) in [7, 11) is 0. The van der Waals surface area contributed by atoms with Crippen molar-refractivity contribution in [2.75, 3.05) is 31.9 Å². The maximum Gasteiger partial charge on any atom is 0.419 e. The molecular weight excluding hydrogens is 533 g/mol. The second-order valence-corrected chi connectivity index (χ2v) is 9.79. The zero-order chi connectivity index (χ0) is 28.6. The maximum absolute atomic E-state index is 13.4. The minimum atomic E-state index is -4.63. The Kier molecular flexibility index (Phi) is 6.83. The molecule has 1 aliphatic rings. The van der Waals surface area contributed by atoms with Gasteiger partial charge in [0, 0.05) is 68.0 Å². The Morgan fingerprint density at radius 2 is 1.61 bits per heavy atom. The molecule has 12 heteroatoms. The number of amides is 1. The van der Waals surface area contributed by atoms with E-state index in [0.29, 0.717) is 30.0 Å². The number of imidazole rings is 1. The van der Waals surface area contributed by atoms with Gasteiger partial charge in [0.05, 0.1) is 23.1 Å². The van der Waals surface area contributed by atoms with Crippen molar-refractivity contribution >= 4 is 17.4 Å². The van der Waals surface area contributed by atoms with E-state index in [-0.39, 0.29) is 17.2 Å². The lowest BCUT2D eigenvalue weighted by molar-refractivity contribution is -0.137. The summed E-state index contributed by atoms with van der Waals surface area (Å²) >= 11 is 0. The topological polar surface area (TPSA) is 106 Å². The Morgan fingerprint density at radius 1 is 0.878 bits per heavy atom. The number of halogens is 3. The third-order valence-electron chi connectivity index (χ3n) is 7.12. The summed E-state index contributed by atoms with van der Waals surface area (Å²) in [6, 6.07) is 15.4. The molecule has 0 saturated carbocycles. The van der Waals surface area contributed by atoms with Gasteiger partial charge in [0.25, 0.3) is 5.91 Å². The van der Waals surface area contributed by atoms with E-state index in [4.69, 9.17) is 5.73 Å². The van der Waals surface area contributed by atoms with Crippen LogP contribution >= 0.6 is 0 Å². The number of nitrogens with zero attached hydrogens (tertiary/aromatic N) is 7. The first kappa shape index (κ1) is 26.4. The number of benzene rings is 1. The summed E-state index contributed by atoms with van der Waals surface area (Å²) in [5.41, 5.74) is 8.57. The number of hydrogen-bond donors (Lipinski definition) is 1. The fourth-order valence-electron chi connectivity index (χ4n) is 4.89. The highest BCUT2D eigenvalue weighted by atomic mass is 19.4. The highest BCUT2D eigenvalue weighted by Gasteiger charge is 2.34. The van der Waals surface area contributed by atoms with Crippen LogP contribution in [0.5, 0.6) is 0 Å². The van der Waals surface area contributed by atoms with Crippen LogP contribution in [0.4, 0.5) is 19.0 Å². The summed E-state index contributed by atoms with van der Waals surface area (Å²) in [4.78, 5) is 29.5. The fraction of sp³-hybridized carbons (Fsp3) is 0.207. The average molecular weight is 559 g/mol. The third-order valence-corrected chi connectivity index (χ3v) is 7.12. The monoisotopic (exact) mass is 558 g/mol. The lowest BCUT2D eigenvalue weighted by Crippen LogP contribution is -2.48. The number of aromatic nitrogens is 5. The minimum absolute atomic E-state index is 0.0324. The van der Waals surface area contributed by atoms with Gasteiger partial charge in [0.1, 0.15) is 5.82 Å². The molecule has 41 heavy (non-hydrogen) atoms. The number of hydrogen-bond acceptors (Lipinski definition) is 7. The number of pyridine rings is 2. The van der Waals surface area contributed by atoms with Crippen LogP contribution < -0.4 is 5.73 Å². The molecule has 6 rings (SSSR count). The summed E-state index contributed by atoms with van der Waals surface area (Å²) in [5, 5.41) is 4.53. The molecule has 0 atom stereocenters. The van der Waals surface area contributed by atoms with Gasteiger partial charge in [-0.25, -0.2) is 14.5 Å². The highest BCUT2D eigenvalue weighted by Crippen LogP contribution is 2.35. The summed E-state index contributed by atoms with van der Waals surface area (Å²) < 4.78 is 41.6. The average Bonchev–Trinajstić information content (AvgIpc) is 3.41. The van der Waals surface area contributed by atoms with Gasteiger partial charge in [-0.05, 0) is 48.0 Å². The van der Waals surface area contributed by atoms with Gasteiger partial charge in [-0.2, -0.15) is 18.3 Å². The van der Waals surface area contributed by atoms with Crippen molar-refractivity contribution in [3.8, 4) is 22.5 Å². The van der Waals surface area contributed by atoms with Crippen LogP contribution in [0.2, 0.25) is 0 Å². The van der Waals surface area contributed by atoms with E-state index in [1.807, 2.05) is 29.2 Å². The fourth-order valence-corrected chi connectivity index (χ4v) is 4.89. The second-order valence-electron chi connectivity index (χ2n) is 9.79. The molecule has 0 spiro atoms.